The Balaban J connectivity index is 1.89. The van der Waals surface area contributed by atoms with Crippen LogP contribution in [0.25, 0.3) is 0 Å². The van der Waals surface area contributed by atoms with Crippen LogP contribution in [0.15, 0.2) is 6.20 Å². The summed E-state index contributed by atoms with van der Waals surface area (Å²) in [4.78, 5) is 16.7. The van der Waals surface area contributed by atoms with Crippen molar-refractivity contribution in [2.45, 2.75) is 51.4 Å². The van der Waals surface area contributed by atoms with Gasteiger partial charge in [0.25, 0.3) is 5.91 Å². The van der Waals surface area contributed by atoms with E-state index >= 15 is 0 Å². The van der Waals surface area contributed by atoms with E-state index in [0.29, 0.717) is 13.1 Å². The van der Waals surface area contributed by atoms with Crippen molar-refractivity contribution in [3.8, 4) is 0 Å². The maximum Gasteiger partial charge on any atom is 0.433 e. The minimum absolute atomic E-state index is 0.269. The van der Waals surface area contributed by atoms with E-state index in [1.807, 2.05) is 0 Å². The molecule has 2 aliphatic heterocycles. The summed E-state index contributed by atoms with van der Waals surface area (Å²) >= 11 is 0. The zero-order valence-electron chi connectivity index (χ0n) is 14.0. The van der Waals surface area contributed by atoms with Crippen molar-refractivity contribution in [3.63, 3.8) is 0 Å². The molecule has 0 aliphatic carbocycles. The lowest BCUT2D eigenvalue weighted by Gasteiger charge is -2.26. The highest BCUT2D eigenvalue weighted by Gasteiger charge is 2.42. The predicted octanol–water partition coefficient (Wildman–Crippen LogP) is 2.79. The first-order valence-corrected chi connectivity index (χ1v) is 8.47. The van der Waals surface area contributed by atoms with Gasteiger partial charge in [0.15, 0.2) is 5.69 Å². The normalized spacial score (nSPS) is 22.8. The summed E-state index contributed by atoms with van der Waals surface area (Å²) in [5.41, 5.74) is -1.27. The van der Waals surface area contributed by atoms with Gasteiger partial charge in [0.05, 0.1) is 11.8 Å². The van der Waals surface area contributed by atoms with Crippen LogP contribution in [0.3, 0.4) is 0 Å². The molecule has 0 unspecified atom stereocenters. The number of nitrogens with zero attached hydrogens (tertiary/aromatic N) is 4. The second kappa shape index (κ2) is 6.38. The number of rotatable bonds is 2. The summed E-state index contributed by atoms with van der Waals surface area (Å²) in [6.45, 7) is 6.17. The lowest BCUT2D eigenvalue weighted by atomic mass is 10.1. The Hall–Kier alpha value is -1.57. The summed E-state index contributed by atoms with van der Waals surface area (Å²) in [5.74, 6) is -0.553. The van der Waals surface area contributed by atoms with Gasteiger partial charge in [-0.1, -0.05) is 0 Å². The number of carbonyl (C=O) groups excluding carboxylic acids is 1. The molecular weight excluding hydrogens is 321 g/mol. The van der Waals surface area contributed by atoms with Crippen LogP contribution in [0.1, 0.15) is 55.2 Å². The molecule has 2 fully saturated rings. The van der Waals surface area contributed by atoms with Crippen molar-refractivity contribution in [1.82, 2.24) is 19.6 Å². The van der Waals surface area contributed by atoms with Crippen LogP contribution >= 0.6 is 0 Å². The van der Waals surface area contributed by atoms with Crippen LogP contribution in [-0.4, -0.2) is 57.7 Å². The molecule has 0 N–H and O–H groups in total. The second-order valence-electron chi connectivity index (χ2n) is 6.88. The fourth-order valence-electron chi connectivity index (χ4n) is 3.75. The third-order valence-electron chi connectivity index (χ3n) is 4.87. The molecule has 0 aromatic carbocycles. The molecule has 5 nitrogen and oxygen atoms in total. The molecule has 1 aromatic heterocycles. The zero-order chi connectivity index (χ0) is 17.5. The van der Waals surface area contributed by atoms with Gasteiger partial charge in [-0.15, -0.1) is 0 Å². The molecule has 3 heterocycles. The van der Waals surface area contributed by atoms with Gasteiger partial charge in [0, 0.05) is 31.7 Å². The quantitative estimate of drug-likeness (QED) is 0.828. The Kier molecular flexibility index (Phi) is 4.59. The number of alkyl halides is 3. The maximum absolute atomic E-state index is 13.5. The Morgan fingerprint density at radius 2 is 1.96 bits per heavy atom. The van der Waals surface area contributed by atoms with E-state index in [0.717, 1.165) is 43.2 Å². The molecule has 8 heteroatoms. The lowest BCUT2D eigenvalue weighted by molar-refractivity contribution is -0.145. The first-order valence-electron chi connectivity index (χ1n) is 8.47. The van der Waals surface area contributed by atoms with E-state index in [4.69, 9.17) is 0 Å². The fraction of sp³-hybridized carbons (Fsp3) is 0.750. The molecule has 24 heavy (non-hydrogen) atoms. The molecule has 0 radical (unpaired) electrons. The first-order chi connectivity index (χ1) is 11.3. The summed E-state index contributed by atoms with van der Waals surface area (Å²) in [6, 6.07) is -0.191. The SMILES string of the molecule is CC(C)n1ncc(C(=O)N2CCCN3CCC[C@@H]3C2)c1C(F)(F)F. The molecular formula is C16H23F3N4O. The first kappa shape index (κ1) is 17.3. The minimum Gasteiger partial charge on any atom is -0.337 e. The van der Waals surface area contributed by atoms with Crippen LogP contribution in [0.4, 0.5) is 13.2 Å². The Bertz CT molecular complexity index is 611. The van der Waals surface area contributed by atoms with Crippen molar-refractivity contribution >= 4 is 5.91 Å². The van der Waals surface area contributed by atoms with Crippen molar-refractivity contribution in [1.29, 1.82) is 0 Å². The zero-order valence-corrected chi connectivity index (χ0v) is 14.0. The van der Waals surface area contributed by atoms with Gasteiger partial charge in [0.2, 0.25) is 0 Å². The van der Waals surface area contributed by atoms with Gasteiger partial charge in [-0.25, -0.2) is 0 Å². The molecule has 3 rings (SSSR count). The van der Waals surface area contributed by atoms with E-state index in [-0.39, 0.29) is 11.6 Å². The number of amides is 1. The fourth-order valence-corrected chi connectivity index (χ4v) is 3.75. The number of halogens is 3. The van der Waals surface area contributed by atoms with Crippen LogP contribution in [0, 0.1) is 0 Å². The standard InChI is InChI=1S/C16H23F3N4O/c1-11(2)23-14(16(17,18)19)13(9-20-23)15(24)22-8-4-7-21-6-3-5-12(21)10-22/h9,11-12H,3-8,10H2,1-2H3/t12-/m1/s1. The van der Waals surface area contributed by atoms with Gasteiger partial charge in [-0.2, -0.15) is 18.3 Å². The molecule has 1 aromatic rings. The molecule has 0 saturated carbocycles. The van der Waals surface area contributed by atoms with Gasteiger partial charge in [-0.3, -0.25) is 14.4 Å². The third kappa shape index (κ3) is 3.16. The van der Waals surface area contributed by atoms with E-state index in [1.54, 1.807) is 18.7 Å². The van der Waals surface area contributed by atoms with Crippen molar-refractivity contribution < 1.29 is 18.0 Å². The van der Waals surface area contributed by atoms with E-state index < -0.39 is 23.8 Å². The van der Waals surface area contributed by atoms with Gasteiger partial charge in [0.1, 0.15) is 0 Å². The number of hydrogen-bond acceptors (Lipinski definition) is 3. The lowest BCUT2D eigenvalue weighted by Crippen LogP contribution is -2.40. The molecule has 1 amide bonds. The smallest absolute Gasteiger partial charge is 0.337 e. The van der Waals surface area contributed by atoms with Gasteiger partial charge < -0.3 is 4.90 Å². The van der Waals surface area contributed by atoms with Crippen molar-refractivity contribution in [2.24, 2.45) is 0 Å². The van der Waals surface area contributed by atoms with Crippen LogP contribution in [0.2, 0.25) is 0 Å². The van der Waals surface area contributed by atoms with Crippen LogP contribution in [0.5, 0.6) is 0 Å². The summed E-state index contributed by atoms with van der Waals surface area (Å²) in [7, 11) is 0. The molecule has 2 aliphatic rings. The monoisotopic (exact) mass is 344 g/mol. The topological polar surface area (TPSA) is 41.4 Å². The van der Waals surface area contributed by atoms with Crippen molar-refractivity contribution in [3.05, 3.63) is 17.5 Å². The molecule has 134 valence electrons. The number of aromatic nitrogens is 2. The Morgan fingerprint density at radius 1 is 1.25 bits per heavy atom. The van der Waals surface area contributed by atoms with E-state index in [9.17, 15) is 18.0 Å². The summed E-state index contributed by atoms with van der Waals surface area (Å²) in [5, 5.41) is 3.83. The summed E-state index contributed by atoms with van der Waals surface area (Å²) < 4.78 is 41.4. The van der Waals surface area contributed by atoms with Crippen LogP contribution in [-0.2, 0) is 6.18 Å². The Morgan fingerprint density at radius 3 is 2.62 bits per heavy atom. The highest BCUT2D eigenvalue weighted by Crippen LogP contribution is 2.34. The number of carbonyl (C=O) groups is 1. The molecule has 1 atom stereocenters. The van der Waals surface area contributed by atoms with Gasteiger partial charge >= 0.3 is 6.18 Å². The predicted molar refractivity (Wildman–Crippen MR) is 82.7 cm³/mol. The average molecular weight is 344 g/mol. The average Bonchev–Trinajstić information content (AvgIpc) is 3.08. The Labute approximate surface area is 139 Å². The molecule has 0 bridgehead atoms. The number of hydrogen-bond donors (Lipinski definition) is 0. The van der Waals surface area contributed by atoms with Gasteiger partial charge in [-0.05, 0) is 39.7 Å². The highest BCUT2D eigenvalue weighted by molar-refractivity contribution is 5.95. The van der Waals surface area contributed by atoms with Crippen LogP contribution < -0.4 is 0 Å². The van der Waals surface area contributed by atoms with Crippen molar-refractivity contribution in [2.75, 3.05) is 26.2 Å². The number of fused-ring (bicyclic) bond motifs is 1. The third-order valence-corrected chi connectivity index (χ3v) is 4.87. The highest BCUT2D eigenvalue weighted by atomic mass is 19.4. The molecule has 0 spiro atoms. The second-order valence-corrected chi connectivity index (χ2v) is 6.88. The largest absolute Gasteiger partial charge is 0.433 e. The molecule has 2 saturated heterocycles. The van der Waals surface area contributed by atoms with E-state index in [2.05, 4.69) is 10.00 Å². The maximum atomic E-state index is 13.5. The van der Waals surface area contributed by atoms with E-state index in [1.165, 1.54) is 0 Å². The summed E-state index contributed by atoms with van der Waals surface area (Å²) in [6.07, 6.45) is -0.645. The minimum atomic E-state index is -4.60.